The van der Waals surface area contributed by atoms with Crippen LogP contribution in [0.2, 0.25) is 0 Å². The number of aryl methyl sites for hydroxylation is 1. The number of anilines is 1. The summed E-state index contributed by atoms with van der Waals surface area (Å²) < 4.78 is 4.97. The molecule has 1 aromatic heterocycles. The second-order valence-electron chi connectivity index (χ2n) is 4.46. The van der Waals surface area contributed by atoms with E-state index in [1.807, 2.05) is 24.1 Å². The fraction of sp³-hybridized carbons (Fsp3) is 0.267. The van der Waals surface area contributed by atoms with Gasteiger partial charge in [0.25, 0.3) is 0 Å². The van der Waals surface area contributed by atoms with Crippen LogP contribution in [0.3, 0.4) is 0 Å². The van der Waals surface area contributed by atoms with Crippen LogP contribution >= 0.6 is 0 Å². The normalized spacial score (nSPS) is 10.4. The highest BCUT2D eigenvalue weighted by Gasteiger charge is 2.15. The number of nitrogens with zero attached hydrogens (tertiary/aromatic N) is 1. The zero-order valence-corrected chi connectivity index (χ0v) is 11.1. The van der Waals surface area contributed by atoms with Gasteiger partial charge in [-0.2, -0.15) is 0 Å². The molecule has 1 N–H and O–H groups in total. The van der Waals surface area contributed by atoms with Crippen molar-refractivity contribution >= 4 is 11.7 Å². The Kier molecular flexibility index (Phi) is 3.90. The number of benzene rings is 1. The summed E-state index contributed by atoms with van der Waals surface area (Å²) in [6, 6.07) is 9.94. The van der Waals surface area contributed by atoms with Gasteiger partial charge in [-0.15, -0.1) is 0 Å². The predicted octanol–water partition coefficient (Wildman–Crippen LogP) is 3.18. The Morgan fingerprint density at radius 3 is 2.53 bits per heavy atom. The average molecular weight is 259 g/mol. The molecule has 0 saturated carbocycles. The van der Waals surface area contributed by atoms with Gasteiger partial charge in [0.15, 0.2) is 0 Å². The number of carboxylic acids is 1. The monoisotopic (exact) mass is 259 g/mol. The Morgan fingerprint density at radius 1 is 1.26 bits per heavy atom. The van der Waals surface area contributed by atoms with Crippen LogP contribution in [0.1, 0.15) is 28.6 Å². The number of carbonyl (C=O) groups is 1. The molecule has 0 radical (unpaired) electrons. The zero-order chi connectivity index (χ0) is 13.8. The van der Waals surface area contributed by atoms with E-state index in [0.29, 0.717) is 12.1 Å². The Hall–Kier alpha value is -2.23. The molecule has 2 rings (SSSR count). The van der Waals surface area contributed by atoms with E-state index in [0.717, 1.165) is 12.1 Å². The second kappa shape index (κ2) is 5.61. The van der Waals surface area contributed by atoms with Crippen LogP contribution in [-0.2, 0) is 13.0 Å². The van der Waals surface area contributed by atoms with Gasteiger partial charge in [0.2, 0.25) is 5.76 Å². The molecular weight excluding hydrogens is 242 g/mol. The Morgan fingerprint density at radius 2 is 1.95 bits per heavy atom. The van der Waals surface area contributed by atoms with Crippen LogP contribution in [0.4, 0.5) is 5.69 Å². The average Bonchev–Trinajstić information content (AvgIpc) is 2.87. The highest BCUT2D eigenvalue weighted by atomic mass is 16.4. The predicted molar refractivity (Wildman–Crippen MR) is 73.6 cm³/mol. The minimum Gasteiger partial charge on any atom is -0.475 e. The lowest BCUT2D eigenvalue weighted by Crippen LogP contribution is -2.17. The zero-order valence-electron chi connectivity index (χ0n) is 11.1. The summed E-state index contributed by atoms with van der Waals surface area (Å²) in [5.41, 5.74) is 3.01. The van der Waals surface area contributed by atoms with Gasteiger partial charge in [0.05, 0.1) is 6.26 Å². The van der Waals surface area contributed by atoms with Crippen LogP contribution in [0.25, 0.3) is 0 Å². The standard InChI is InChI=1S/C15H17NO3/c1-3-11-4-6-13(7-5-11)16(2)10-12-8-9-19-14(12)15(17)18/h4-9H,3,10H2,1-2H3,(H,17,18). The van der Waals surface area contributed by atoms with E-state index < -0.39 is 5.97 Å². The van der Waals surface area contributed by atoms with Crippen molar-refractivity contribution in [3.05, 3.63) is 53.5 Å². The summed E-state index contributed by atoms with van der Waals surface area (Å²) in [7, 11) is 1.93. The van der Waals surface area contributed by atoms with Crippen LogP contribution in [0, 0.1) is 0 Å². The smallest absolute Gasteiger partial charge is 0.372 e. The molecule has 0 spiro atoms. The fourth-order valence-corrected chi connectivity index (χ4v) is 1.98. The lowest BCUT2D eigenvalue weighted by molar-refractivity contribution is 0.0661. The maximum atomic E-state index is 11.0. The molecule has 0 aliphatic rings. The summed E-state index contributed by atoms with van der Waals surface area (Å²) >= 11 is 0. The number of carboxylic acid groups (broad SMARTS) is 1. The number of rotatable bonds is 5. The maximum Gasteiger partial charge on any atom is 0.372 e. The van der Waals surface area contributed by atoms with E-state index in [1.165, 1.54) is 11.8 Å². The highest BCUT2D eigenvalue weighted by molar-refractivity contribution is 5.86. The third-order valence-electron chi connectivity index (χ3n) is 3.13. The molecule has 0 aliphatic heterocycles. The molecule has 4 nitrogen and oxygen atoms in total. The van der Waals surface area contributed by atoms with Gasteiger partial charge < -0.3 is 14.4 Å². The molecule has 0 unspecified atom stereocenters. The van der Waals surface area contributed by atoms with Crippen molar-refractivity contribution in [2.45, 2.75) is 19.9 Å². The minimum absolute atomic E-state index is 0.0111. The Bertz CT molecular complexity index is 557. The van der Waals surface area contributed by atoms with Crippen molar-refractivity contribution in [2.75, 3.05) is 11.9 Å². The molecule has 2 aromatic rings. The minimum atomic E-state index is -1.03. The molecule has 0 amide bonds. The molecule has 4 heteroatoms. The Labute approximate surface area is 112 Å². The summed E-state index contributed by atoms with van der Waals surface area (Å²) in [4.78, 5) is 13.0. The number of hydrogen-bond acceptors (Lipinski definition) is 3. The molecule has 19 heavy (non-hydrogen) atoms. The number of aromatic carboxylic acids is 1. The molecule has 1 aromatic carbocycles. The first-order valence-corrected chi connectivity index (χ1v) is 6.21. The van der Waals surface area contributed by atoms with Gasteiger partial charge >= 0.3 is 5.97 Å². The molecule has 0 bridgehead atoms. The van der Waals surface area contributed by atoms with Gasteiger partial charge in [0.1, 0.15) is 0 Å². The van der Waals surface area contributed by atoms with Crippen LogP contribution in [-0.4, -0.2) is 18.1 Å². The molecule has 0 fully saturated rings. The van der Waals surface area contributed by atoms with E-state index in [1.54, 1.807) is 6.07 Å². The van der Waals surface area contributed by atoms with E-state index in [9.17, 15) is 4.79 Å². The van der Waals surface area contributed by atoms with Crippen molar-refractivity contribution < 1.29 is 14.3 Å². The van der Waals surface area contributed by atoms with Crippen molar-refractivity contribution in [1.29, 1.82) is 0 Å². The first-order chi connectivity index (χ1) is 9.11. The van der Waals surface area contributed by atoms with Crippen molar-refractivity contribution in [3.63, 3.8) is 0 Å². The first kappa shape index (κ1) is 13.2. The van der Waals surface area contributed by atoms with Crippen molar-refractivity contribution in [1.82, 2.24) is 0 Å². The maximum absolute atomic E-state index is 11.0. The quantitative estimate of drug-likeness (QED) is 0.896. The fourth-order valence-electron chi connectivity index (χ4n) is 1.98. The van der Waals surface area contributed by atoms with E-state index in [4.69, 9.17) is 9.52 Å². The van der Waals surface area contributed by atoms with Gasteiger partial charge in [0, 0.05) is 24.8 Å². The second-order valence-corrected chi connectivity index (χ2v) is 4.46. The summed E-state index contributed by atoms with van der Waals surface area (Å²) in [6.07, 6.45) is 2.42. The van der Waals surface area contributed by atoms with Gasteiger partial charge in [-0.1, -0.05) is 19.1 Å². The van der Waals surface area contributed by atoms with Crippen LogP contribution in [0.15, 0.2) is 41.0 Å². The van der Waals surface area contributed by atoms with Crippen molar-refractivity contribution in [3.8, 4) is 0 Å². The summed E-state index contributed by atoms with van der Waals surface area (Å²) in [5.74, 6) is -1.02. The number of furan rings is 1. The molecular formula is C15H17NO3. The highest BCUT2D eigenvalue weighted by Crippen LogP contribution is 2.19. The van der Waals surface area contributed by atoms with Gasteiger partial charge in [-0.05, 0) is 30.2 Å². The number of hydrogen-bond donors (Lipinski definition) is 1. The molecule has 0 aliphatic carbocycles. The third-order valence-corrected chi connectivity index (χ3v) is 3.13. The molecule has 0 atom stereocenters. The van der Waals surface area contributed by atoms with Crippen LogP contribution in [0.5, 0.6) is 0 Å². The van der Waals surface area contributed by atoms with E-state index in [2.05, 4.69) is 19.1 Å². The topological polar surface area (TPSA) is 53.7 Å². The molecule has 1 heterocycles. The first-order valence-electron chi connectivity index (χ1n) is 6.21. The van der Waals surface area contributed by atoms with E-state index in [-0.39, 0.29) is 5.76 Å². The largest absolute Gasteiger partial charge is 0.475 e. The third kappa shape index (κ3) is 2.96. The lowest BCUT2D eigenvalue weighted by Gasteiger charge is -2.19. The summed E-state index contributed by atoms with van der Waals surface area (Å²) in [6.45, 7) is 2.62. The molecule has 0 saturated heterocycles. The van der Waals surface area contributed by atoms with Gasteiger partial charge in [-0.25, -0.2) is 4.79 Å². The van der Waals surface area contributed by atoms with Crippen LogP contribution < -0.4 is 4.90 Å². The van der Waals surface area contributed by atoms with E-state index >= 15 is 0 Å². The van der Waals surface area contributed by atoms with Crippen molar-refractivity contribution in [2.24, 2.45) is 0 Å². The lowest BCUT2D eigenvalue weighted by atomic mass is 10.1. The SMILES string of the molecule is CCc1ccc(N(C)Cc2ccoc2C(=O)O)cc1. The molecule has 100 valence electrons. The Balaban J connectivity index is 2.13. The summed E-state index contributed by atoms with van der Waals surface area (Å²) in [5, 5.41) is 8.99. The van der Waals surface area contributed by atoms with Gasteiger partial charge in [-0.3, -0.25) is 0 Å².